The van der Waals surface area contributed by atoms with Crippen molar-refractivity contribution in [1.29, 1.82) is 0 Å². The summed E-state index contributed by atoms with van der Waals surface area (Å²) in [6.45, 7) is 2.18. The predicted molar refractivity (Wildman–Crippen MR) is 70.8 cm³/mol. The minimum atomic E-state index is 0.464. The zero-order valence-electron chi connectivity index (χ0n) is 10.5. The molecule has 0 radical (unpaired) electrons. The van der Waals surface area contributed by atoms with Crippen molar-refractivity contribution in [3.05, 3.63) is 47.8 Å². The van der Waals surface area contributed by atoms with Crippen LogP contribution in [-0.2, 0) is 6.42 Å². The molecule has 0 nitrogen and oxygen atoms in total. The largest absolute Gasteiger partial charge is 0.216 e. The van der Waals surface area contributed by atoms with Gasteiger partial charge in [-0.05, 0) is 55.1 Å². The highest BCUT2D eigenvalue weighted by molar-refractivity contribution is 5.25. The predicted octanol–water partition coefficient (Wildman–Crippen LogP) is 5.01. The van der Waals surface area contributed by atoms with Crippen LogP contribution in [0.1, 0.15) is 49.7 Å². The van der Waals surface area contributed by atoms with Crippen molar-refractivity contribution >= 4 is 0 Å². The molecule has 1 heteroatoms. The maximum atomic E-state index is 12.1. The zero-order chi connectivity index (χ0) is 12.1. The van der Waals surface area contributed by atoms with Gasteiger partial charge in [-0.15, -0.1) is 0 Å². The van der Waals surface area contributed by atoms with Crippen LogP contribution >= 0.6 is 0 Å². The average molecular weight is 232 g/mol. The van der Waals surface area contributed by atoms with Crippen LogP contribution < -0.4 is 0 Å². The summed E-state index contributed by atoms with van der Waals surface area (Å²) in [5, 5.41) is 0. The van der Waals surface area contributed by atoms with E-state index in [9.17, 15) is 4.39 Å². The Bertz CT molecular complexity index is 356. The van der Waals surface area contributed by atoms with Crippen molar-refractivity contribution in [1.82, 2.24) is 0 Å². The third kappa shape index (κ3) is 3.18. The van der Waals surface area contributed by atoms with E-state index in [1.165, 1.54) is 24.0 Å². The fraction of sp³-hybridized carbons (Fsp3) is 0.500. The lowest BCUT2D eigenvalue weighted by Crippen LogP contribution is -2.11. The van der Waals surface area contributed by atoms with Crippen molar-refractivity contribution in [2.75, 3.05) is 0 Å². The molecular formula is C16H21F. The second-order valence-corrected chi connectivity index (χ2v) is 5.03. The molecule has 0 saturated heterocycles. The lowest BCUT2D eigenvalue weighted by molar-refractivity contribution is 0.373. The highest BCUT2D eigenvalue weighted by atomic mass is 19.1. The van der Waals surface area contributed by atoms with Crippen LogP contribution in [0.2, 0.25) is 0 Å². The van der Waals surface area contributed by atoms with Crippen molar-refractivity contribution < 1.29 is 4.39 Å². The van der Waals surface area contributed by atoms with E-state index in [2.05, 4.69) is 31.2 Å². The smallest absolute Gasteiger partial charge is 0.0829 e. The van der Waals surface area contributed by atoms with E-state index in [-0.39, 0.29) is 0 Å². The maximum Gasteiger partial charge on any atom is 0.0829 e. The standard InChI is InChI=1S/C16H21F/c1-2-13-3-7-15(8-4-13)16-9-5-14(6-10-16)11-12-17/h3-4,7-8,11-12,14,16H,2,5-6,9-10H2,1H3. The average Bonchev–Trinajstić information content (AvgIpc) is 2.40. The Morgan fingerprint density at radius 2 is 1.76 bits per heavy atom. The van der Waals surface area contributed by atoms with Crippen molar-refractivity contribution in [3.8, 4) is 0 Å². The van der Waals surface area contributed by atoms with Crippen molar-refractivity contribution in [2.45, 2.75) is 44.9 Å². The Kier molecular flexibility index (Phi) is 4.36. The van der Waals surface area contributed by atoms with Crippen LogP contribution in [0.25, 0.3) is 0 Å². The molecule has 17 heavy (non-hydrogen) atoms. The van der Waals surface area contributed by atoms with Gasteiger partial charge in [0.25, 0.3) is 0 Å². The van der Waals surface area contributed by atoms with Crippen LogP contribution in [-0.4, -0.2) is 0 Å². The van der Waals surface area contributed by atoms with Gasteiger partial charge < -0.3 is 0 Å². The van der Waals surface area contributed by atoms with Gasteiger partial charge in [0.1, 0.15) is 0 Å². The fourth-order valence-corrected chi connectivity index (χ4v) is 2.77. The first kappa shape index (κ1) is 12.3. The second kappa shape index (κ2) is 6.00. The molecule has 1 fully saturated rings. The summed E-state index contributed by atoms with van der Waals surface area (Å²) in [5.74, 6) is 1.15. The maximum absolute atomic E-state index is 12.1. The van der Waals surface area contributed by atoms with E-state index >= 15 is 0 Å². The number of hydrogen-bond donors (Lipinski definition) is 0. The van der Waals surface area contributed by atoms with Gasteiger partial charge in [0.15, 0.2) is 0 Å². The molecule has 1 aromatic rings. The molecule has 92 valence electrons. The molecule has 1 aliphatic rings. The van der Waals surface area contributed by atoms with Crippen LogP contribution in [0, 0.1) is 5.92 Å². The minimum Gasteiger partial charge on any atom is -0.216 e. The molecule has 1 aromatic carbocycles. The summed E-state index contributed by atoms with van der Waals surface area (Å²) in [6, 6.07) is 9.02. The van der Waals surface area contributed by atoms with Gasteiger partial charge in [-0.1, -0.05) is 37.3 Å². The van der Waals surface area contributed by atoms with Crippen molar-refractivity contribution in [3.63, 3.8) is 0 Å². The van der Waals surface area contributed by atoms with E-state index < -0.39 is 0 Å². The number of halogens is 1. The number of hydrogen-bond acceptors (Lipinski definition) is 0. The number of allylic oxidation sites excluding steroid dienone is 1. The number of rotatable bonds is 3. The SMILES string of the molecule is CCc1ccc(C2CCC(C=CF)CC2)cc1. The van der Waals surface area contributed by atoms with E-state index in [0.29, 0.717) is 18.2 Å². The lowest BCUT2D eigenvalue weighted by atomic mass is 9.78. The Morgan fingerprint density at radius 1 is 1.12 bits per heavy atom. The highest BCUT2D eigenvalue weighted by Crippen LogP contribution is 2.36. The Balaban J connectivity index is 1.95. The first-order valence-corrected chi connectivity index (χ1v) is 6.69. The van der Waals surface area contributed by atoms with Gasteiger partial charge in [-0.2, -0.15) is 0 Å². The molecule has 2 rings (SSSR count). The van der Waals surface area contributed by atoms with E-state index in [1.807, 2.05) is 0 Å². The molecule has 0 heterocycles. The molecule has 0 aromatic heterocycles. The lowest BCUT2D eigenvalue weighted by Gasteiger charge is -2.26. The van der Waals surface area contributed by atoms with Gasteiger partial charge in [-0.3, -0.25) is 0 Å². The van der Waals surface area contributed by atoms with Gasteiger partial charge >= 0.3 is 0 Å². The van der Waals surface area contributed by atoms with Crippen LogP contribution in [0.5, 0.6) is 0 Å². The third-order valence-electron chi connectivity index (χ3n) is 3.98. The molecule has 1 aliphatic carbocycles. The summed E-state index contributed by atoms with van der Waals surface area (Å²) in [6.07, 6.45) is 8.17. The first-order chi connectivity index (χ1) is 8.33. The van der Waals surface area contributed by atoms with E-state index in [4.69, 9.17) is 0 Å². The molecule has 0 bridgehead atoms. The van der Waals surface area contributed by atoms with Crippen LogP contribution in [0.15, 0.2) is 36.7 Å². The minimum absolute atomic E-state index is 0.464. The van der Waals surface area contributed by atoms with Crippen LogP contribution in [0.3, 0.4) is 0 Å². The molecule has 1 saturated carbocycles. The Labute approximate surface area is 104 Å². The summed E-state index contributed by atoms with van der Waals surface area (Å²) in [5.41, 5.74) is 2.87. The number of benzene rings is 1. The highest BCUT2D eigenvalue weighted by Gasteiger charge is 2.20. The molecular weight excluding hydrogens is 211 g/mol. The summed E-state index contributed by atoms with van der Waals surface area (Å²) < 4.78 is 12.1. The Morgan fingerprint density at radius 3 is 2.29 bits per heavy atom. The molecule has 0 unspecified atom stereocenters. The topological polar surface area (TPSA) is 0 Å². The van der Waals surface area contributed by atoms with Gasteiger partial charge in [0, 0.05) is 0 Å². The van der Waals surface area contributed by atoms with E-state index in [1.54, 1.807) is 6.08 Å². The normalized spacial score (nSPS) is 25.3. The van der Waals surface area contributed by atoms with Crippen LogP contribution in [0.4, 0.5) is 4.39 Å². The second-order valence-electron chi connectivity index (χ2n) is 5.03. The monoisotopic (exact) mass is 232 g/mol. The summed E-state index contributed by atoms with van der Waals surface area (Å²) in [4.78, 5) is 0. The third-order valence-corrected chi connectivity index (χ3v) is 3.98. The molecule has 0 aliphatic heterocycles. The molecule has 0 N–H and O–H groups in total. The molecule has 0 spiro atoms. The molecule has 0 atom stereocenters. The first-order valence-electron chi connectivity index (χ1n) is 6.69. The number of aryl methyl sites for hydroxylation is 1. The van der Waals surface area contributed by atoms with Gasteiger partial charge in [-0.25, -0.2) is 4.39 Å². The van der Waals surface area contributed by atoms with Crippen molar-refractivity contribution in [2.24, 2.45) is 5.92 Å². The fourth-order valence-electron chi connectivity index (χ4n) is 2.77. The summed E-state index contributed by atoms with van der Waals surface area (Å²) in [7, 11) is 0. The quantitative estimate of drug-likeness (QED) is 0.687. The summed E-state index contributed by atoms with van der Waals surface area (Å²) >= 11 is 0. The van der Waals surface area contributed by atoms with E-state index in [0.717, 1.165) is 19.3 Å². The Hall–Kier alpha value is -1.11. The zero-order valence-corrected chi connectivity index (χ0v) is 10.5. The molecule has 0 amide bonds. The van der Waals surface area contributed by atoms with Gasteiger partial charge in [0.2, 0.25) is 0 Å². The van der Waals surface area contributed by atoms with Gasteiger partial charge in [0.05, 0.1) is 6.33 Å².